The van der Waals surface area contributed by atoms with Crippen LogP contribution in [-0.4, -0.2) is 37.2 Å². The van der Waals surface area contributed by atoms with Crippen molar-refractivity contribution in [2.24, 2.45) is 0 Å². The fraction of sp³-hybridized carbons (Fsp3) is 0.900. The minimum absolute atomic E-state index is 0.0177. The van der Waals surface area contributed by atoms with Crippen molar-refractivity contribution in [1.82, 2.24) is 0 Å². The molecule has 1 atom stereocenters. The molecule has 0 aliphatic rings. The fourth-order valence-corrected chi connectivity index (χ4v) is 2.17. The summed E-state index contributed by atoms with van der Waals surface area (Å²) < 4.78 is 5.68. The van der Waals surface area contributed by atoms with Gasteiger partial charge in [0.25, 0.3) is 0 Å². The molecule has 0 heterocycles. The van der Waals surface area contributed by atoms with E-state index in [0.717, 1.165) is 0 Å². The topological polar surface area (TPSA) is 66.8 Å². The first-order valence-electron chi connectivity index (χ1n) is 5.13. The summed E-state index contributed by atoms with van der Waals surface area (Å²) in [7, 11) is -2.06. The second-order valence-electron chi connectivity index (χ2n) is 5.22. The molecule has 4 nitrogen and oxygen atoms in total. The molecule has 0 bridgehead atoms. The van der Waals surface area contributed by atoms with Gasteiger partial charge in [0.15, 0.2) is 8.32 Å². The molecule has 0 saturated carbocycles. The summed E-state index contributed by atoms with van der Waals surface area (Å²) in [6, 6.07) is 0. The molecule has 0 fully saturated rings. The Balaban J connectivity index is 4.59. The number of hydrogen-bond donors (Lipinski definition) is 2. The van der Waals surface area contributed by atoms with Crippen LogP contribution in [0, 0.1) is 0 Å². The number of hydrogen-bond acceptors (Lipinski definition) is 3. The first-order chi connectivity index (χ1) is 6.62. The maximum absolute atomic E-state index is 10.9. The predicted octanol–water partition coefficient (Wildman–Crippen LogP) is 1.84. The van der Waals surface area contributed by atoms with Crippen LogP contribution in [0.25, 0.3) is 0 Å². The Morgan fingerprint density at radius 1 is 1.40 bits per heavy atom. The first kappa shape index (κ1) is 14.6. The van der Waals surface area contributed by atoms with Gasteiger partial charge in [-0.3, -0.25) is 0 Å². The lowest BCUT2D eigenvalue weighted by Crippen LogP contribution is -2.46. The number of carboxylic acid groups (broad SMARTS) is 1. The molecule has 90 valence electrons. The molecule has 0 aromatic heterocycles. The van der Waals surface area contributed by atoms with Gasteiger partial charge in [-0.15, -0.1) is 0 Å². The third-order valence-corrected chi connectivity index (χ3v) is 7.40. The Labute approximate surface area is 92.4 Å². The van der Waals surface area contributed by atoms with Crippen molar-refractivity contribution in [3.8, 4) is 0 Å². The first-order valence-corrected chi connectivity index (χ1v) is 8.04. The molecule has 15 heavy (non-hydrogen) atoms. The Morgan fingerprint density at radius 2 is 1.87 bits per heavy atom. The van der Waals surface area contributed by atoms with Gasteiger partial charge in [0.2, 0.25) is 0 Å². The van der Waals surface area contributed by atoms with E-state index in [1.54, 1.807) is 0 Å². The van der Waals surface area contributed by atoms with Crippen molar-refractivity contribution < 1.29 is 19.4 Å². The minimum atomic E-state index is -2.06. The third kappa shape index (κ3) is 4.32. The molecule has 0 radical (unpaired) electrons. The molecule has 0 spiro atoms. The Morgan fingerprint density at radius 3 is 2.13 bits per heavy atom. The van der Waals surface area contributed by atoms with Gasteiger partial charge in [-0.2, -0.15) is 0 Å². The van der Waals surface area contributed by atoms with Crippen LogP contribution in [-0.2, 0) is 9.22 Å². The quantitative estimate of drug-likeness (QED) is 0.712. The third-order valence-electron chi connectivity index (χ3n) is 2.91. The number of aliphatic carboxylic acids is 1. The summed E-state index contributed by atoms with van der Waals surface area (Å²) in [5.41, 5.74) is 0. The molecule has 2 N–H and O–H groups in total. The van der Waals surface area contributed by atoms with Crippen molar-refractivity contribution in [1.29, 1.82) is 0 Å². The lowest BCUT2D eigenvalue weighted by atomic mass is 10.2. The molecule has 0 amide bonds. The second-order valence-corrected chi connectivity index (χ2v) is 9.97. The monoisotopic (exact) mass is 234 g/mol. The Bertz CT molecular complexity index is 220. The molecule has 1 unspecified atom stereocenters. The highest BCUT2D eigenvalue weighted by molar-refractivity contribution is 6.74. The van der Waals surface area contributed by atoms with Crippen LogP contribution in [0.2, 0.25) is 18.1 Å². The molecular formula is C10H22O4Si. The molecule has 5 heteroatoms. The van der Waals surface area contributed by atoms with Crippen molar-refractivity contribution in [3.63, 3.8) is 0 Å². The van der Waals surface area contributed by atoms with Gasteiger partial charge >= 0.3 is 5.97 Å². The maximum Gasteiger partial charge on any atom is 0.331 e. The highest BCUT2D eigenvalue weighted by Crippen LogP contribution is 2.37. The summed E-state index contributed by atoms with van der Waals surface area (Å²) in [6.45, 7) is 10.00. The SMILES string of the molecule is CC(C)(C)[Si](C)(C)OC(CCO)C(=O)O. The smallest absolute Gasteiger partial charge is 0.331 e. The predicted molar refractivity (Wildman–Crippen MR) is 61.4 cm³/mol. The van der Waals surface area contributed by atoms with Crippen molar-refractivity contribution in [3.05, 3.63) is 0 Å². The molecule has 0 aliphatic carbocycles. The average molecular weight is 234 g/mol. The van der Waals surface area contributed by atoms with Gasteiger partial charge in [-0.05, 0) is 18.1 Å². The minimum Gasteiger partial charge on any atom is -0.479 e. The van der Waals surface area contributed by atoms with Gasteiger partial charge < -0.3 is 14.6 Å². The van der Waals surface area contributed by atoms with Gasteiger partial charge in [-0.1, -0.05) is 20.8 Å². The van der Waals surface area contributed by atoms with Gasteiger partial charge in [0.05, 0.1) is 0 Å². The van der Waals surface area contributed by atoms with Crippen LogP contribution in [0.1, 0.15) is 27.2 Å². The van der Waals surface area contributed by atoms with E-state index in [4.69, 9.17) is 14.6 Å². The summed E-state index contributed by atoms with van der Waals surface area (Å²) in [6.07, 6.45) is -0.724. The fourth-order valence-electron chi connectivity index (χ4n) is 0.882. The molecule has 0 aromatic rings. The van der Waals surface area contributed by atoms with Crippen LogP contribution in [0.3, 0.4) is 0 Å². The van der Waals surface area contributed by atoms with E-state index < -0.39 is 20.4 Å². The summed E-state index contributed by atoms with van der Waals surface area (Å²) in [5.74, 6) is -0.992. The van der Waals surface area contributed by atoms with Crippen molar-refractivity contribution in [2.75, 3.05) is 6.61 Å². The van der Waals surface area contributed by atoms with Crippen LogP contribution in [0.5, 0.6) is 0 Å². The molecular weight excluding hydrogens is 212 g/mol. The van der Waals surface area contributed by atoms with E-state index in [9.17, 15) is 4.79 Å². The lowest BCUT2D eigenvalue weighted by molar-refractivity contribution is -0.146. The van der Waals surface area contributed by atoms with E-state index in [1.807, 2.05) is 13.1 Å². The largest absolute Gasteiger partial charge is 0.479 e. The summed E-state index contributed by atoms with van der Waals surface area (Å²) in [4.78, 5) is 10.9. The number of rotatable bonds is 5. The van der Waals surface area contributed by atoms with Crippen LogP contribution >= 0.6 is 0 Å². The highest BCUT2D eigenvalue weighted by atomic mass is 28.4. The van der Waals surface area contributed by atoms with E-state index in [0.29, 0.717) is 0 Å². The zero-order valence-corrected chi connectivity index (χ0v) is 11.2. The van der Waals surface area contributed by atoms with Gasteiger partial charge in [-0.25, -0.2) is 4.79 Å². The second kappa shape index (κ2) is 5.09. The van der Waals surface area contributed by atoms with Crippen LogP contribution in [0.4, 0.5) is 0 Å². The average Bonchev–Trinajstić information content (AvgIpc) is 2.00. The normalized spacial score (nSPS) is 15.1. The summed E-state index contributed by atoms with van der Waals surface area (Å²) >= 11 is 0. The Hall–Kier alpha value is -0.393. The van der Waals surface area contributed by atoms with E-state index in [-0.39, 0.29) is 18.1 Å². The van der Waals surface area contributed by atoms with Gasteiger partial charge in [0, 0.05) is 13.0 Å². The van der Waals surface area contributed by atoms with Crippen LogP contribution in [0.15, 0.2) is 0 Å². The number of aliphatic hydroxyl groups excluding tert-OH is 1. The standard InChI is InChI=1S/C10H22O4Si/c1-10(2,3)15(4,5)14-8(6-7-11)9(12)13/h8,11H,6-7H2,1-5H3,(H,12,13). The molecule has 0 aliphatic heterocycles. The lowest BCUT2D eigenvalue weighted by Gasteiger charge is -2.38. The van der Waals surface area contributed by atoms with Crippen LogP contribution < -0.4 is 0 Å². The zero-order valence-electron chi connectivity index (χ0n) is 10.2. The Kier molecular flexibility index (Phi) is 4.96. The number of aliphatic hydroxyl groups is 1. The van der Waals surface area contributed by atoms with E-state index in [2.05, 4.69) is 20.8 Å². The van der Waals surface area contributed by atoms with Crippen molar-refractivity contribution in [2.45, 2.75) is 51.4 Å². The van der Waals surface area contributed by atoms with Crippen molar-refractivity contribution >= 4 is 14.3 Å². The number of carbonyl (C=O) groups is 1. The van der Waals surface area contributed by atoms with Gasteiger partial charge in [0.1, 0.15) is 6.10 Å². The molecule has 0 saturated heterocycles. The maximum atomic E-state index is 10.9. The molecule has 0 rings (SSSR count). The summed E-state index contributed by atoms with van der Waals surface area (Å²) in [5, 5.41) is 17.7. The highest BCUT2D eigenvalue weighted by Gasteiger charge is 2.40. The van der Waals surface area contributed by atoms with E-state index >= 15 is 0 Å². The molecule has 0 aromatic carbocycles. The zero-order chi connectivity index (χ0) is 12.3. The number of carboxylic acids is 1. The van der Waals surface area contributed by atoms with E-state index in [1.165, 1.54) is 0 Å².